The zero-order valence-corrected chi connectivity index (χ0v) is 34.7. The molecule has 4 rings (SSSR count). The molecular weight excluding hydrogens is 649 g/mol. The predicted octanol–water partition coefficient (Wildman–Crippen LogP) is 10.1. The van der Waals surface area contributed by atoms with Gasteiger partial charge in [0, 0.05) is 35.7 Å². The van der Waals surface area contributed by atoms with Gasteiger partial charge in [-0.1, -0.05) is 112 Å². The van der Waals surface area contributed by atoms with Gasteiger partial charge in [-0.2, -0.15) is 0 Å². The van der Waals surface area contributed by atoms with Crippen molar-refractivity contribution >= 4 is 26.0 Å². The number of likely N-dealkylation sites (tertiary alicyclic amines) is 1. The summed E-state index contributed by atoms with van der Waals surface area (Å²) in [6.45, 7) is 27.3. The zero-order chi connectivity index (χ0) is 38.7. The Balaban J connectivity index is 0.000000556. The second-order valence-electron chi connectivity index (χ2n) is 14.7. The fourth-order valence-corrected chi connectivity index (χ4v) is 6.96. The number of benzene rings is 2. The SMILES string of the molecule is C=CNC(/C=C1\PCC(N)c2cccc(-c3cccc(C(=O)C(C)C(C)C)c3)c21)=C(C)C.CC1CCN(C)CC1.CCC(C)C(C)C=O.CCO. The number of carbonyl (C=O) groups is 2. The van der Waals surface area contributed by atoms with Crippen LogP contribution in [0.3, 0.4) is 0 Å². The first-order valence-electron chi connectivity index (χ1n) is 19.0. The number of piperidine rings is 1. The summed E-state index contributed by atoms with van der Waals surface area (Å²) in [5.74, 6) is 2.26. The summed E-state index contributed by atoms with van der Waals surface area (Å²) < 4.78 is 0. The Morgan fingerprint density at radius 2 is 1.69 bits per heavy atom. The number of nitrogens with zero attached hydrogens (tertiary/aromatic N) is 1. The number of hydrogen-bond donors (Lipinski definition) is 3. The van der Waals surface area contributed by atoms with Crippen molar-refractivity contribution in [2.24, 2.45) is 35.3 Å². The van der Waals surface area contributed by atoms with E-state index in [0.717, 1.165) is 47.2 Å². The molecule has 284 valence electrons. The Morgan fingerprint density at radius 1 is 1.08 bits per heavy atom. The second-order valence-corrected chi connectivity index (χ2v) is 16.0. The normalized spacial score (nSPS) is 18.7. The van der Waals surface area contributed by atoms with Gasteiger partial charge in [0.1, 0.15) is 6.29 Å². The van der Waals surface area contributed by atoms with Crippen molar-refractivity contribution in [1.29, 1.82) is 0 Å². The van der Waals surface area contributed by atoms with Gasteiger partial charge in [-0.3, -0.25) is 4.79 Å². The fourth-order valence-electron chi connectivity index (χ4n) is 5.60. The van der Waals surface area contributed by atoms with Crippen molar-refractivity contribution in [2.75, 3.05) is 32.9 Å². The van der Waals surface area contributed by atoms with Crippen molar-refractivity contribution in [2.45, 2.75) is 94.5 Å². The van der Waals surface area contributed by atoms with Gasteiger partial charge in [-0.15, -0.1) is 0 Å². The van der Waals surface area contributed by atoms with Gasteiger partial charge in [-0.05, 0) is 124 Å². The van der Waals surface area contributed by atoms with Crippen LogP contribution in [0.4, 0.5) is 0 Å². The lowest BCUT2D eigenvalue weighted by molar-refractivity contribution is -0.111. The van der Waals surface area contributed by atoms with Gasteiger partial charge in [0.25, 0.3) is 0 Å². The first-order chi connectivity index (χ1) is 24.2. The van der Waals surface area contributed by atoms with Crippen molar-refractivity contribution < 1.29 is 14.7 Å². The number of fused-ring (bicyclic) bond motifs is 1. The fraction of sp³-hybridized carbons (Fsp3) is 0.545. The van der Waals surface area contributed by atoms with Crippen molar-refractivity contribution in [3.05, 3.63) is 89.3 Å². The lowest BCUT2D eigenvalue weighted by Crippen LogP contribution is -2.28. The van der Waals surface area contributed by atoms with Gasteiger partial charge in [-0.25, -0.2) is 0 Å². The average molecular weight is 720 g/mol. The molecule has 0 radical (unpaired) electrons. The van der Waals surface area contributed by atoms with E-state index in [1.165, 1.54) is 47.9 Å². The number of rotatable bonds is 10. The maximum absolute atomic E-state index is 13.0. The van der Waals surface area contributed by atoms with Crippen LogP contribution in [0.2, 0.25) is 0 Å². The highest BCUT2D eigenvalue weighted by Crippen LogP contribution is 2.48. The average Bonchev–Trinajstić information content (AvgIpc) is 3.13. The van der Waals surface area contributed by atoms with Crippen LogP contribution in [0.5, 0.6) is 0 Å². The van der Waals surface area contributed by atoms with Gasteiger partial charge < -0.3 is 25.9 Å². The first kappa shape index (κ1) is 46.1. The molecule has 5 unspecified atom stereocenters. The lowest BCUT2D eigenvalue weighted by atomic mass is 9.87. The molecule has 0 spiro atoms. The molecule has 0 aliphatic carbocycles. The molecule has 0 bridgehead atoms. The summed E-state index contributed by atoms with van der Waals surface area (Å²) in [4.78, 5) is 25.5. The quantitative estimate of drug-likeness (QED) is 0.129. The molecular formula is C44H70N3O3P. The smallest absolute Gasteiger partial charge is 0.165 e. The summed E-state index contributed by atoms with van der Waals surface area (Å²) in [6.07, 6.45) is 9.81. The Bertz CT molecular complexity index is 1410. The van der Waals surface area contributed by atoms with Crippen molar-refractivity contribution in [3.63, 3.8) is 0 Å². The zero-order valence-electron chi connectivity index (χ0n) is 33.7. The summed E-state index contributed by atoms with van der Waals surface area (Å²) in [5.41, 5.74) is 14.1. The minimum Gasteiger partial charge on any atom is -0.397 e. The molecule has 0 amide bonds. The Kier molecular flexibility index (Phi) is 22.0. The number of aliphatic hydroxyl groups is 1. The topological polar surface area (TPSA) is 95.7 Å². The highest BCUT2D eigenvalue weighted by Gasteiger charge is 2.25. The maximum atomic E-state index is 13.0. The summed E-state index contributed by atoms with van der Waals surface area (Å²) in [7, 11) is 2.82. The number of carbonyl (C=O) groups excluding carboxylic acids is 2. The molecule has 2 aromatic carbocycles. The molecule has 1 fully saturated rings. The van der Waals surface area contributed by atoms with Gasteiger partial charge in [0.2, 0.25) is 0 Å². The molecule has 2 heterocycles. The molecule has 5 atom stereocenters. The van der Waals surface area contributed by atoms with E-state index in [1.54, 1.807) is 13.1 Å². The number of allylic oxidation sites excluding steroid dienone is 2. The molecule has 0 aromatic heterocycles. The van der Waals surface area contributed by atoms with Gasteiger partial charge in [0.05, 0.1) is 0 Å². The number of ketones is 1. The molecule has 51 heavy (non-hydrogen) atoms. The largest absolute Gasteiger partial charge is 0.397 e. The van der Waals surface area contributed by atoms with Crippen LogP contribution in [-0.2, 0) is 4.79 Å². The number of Topliss-reactive ketones (excluding diaryl/α,β-unsaturated/α-hetero) is 1. The molecule has 4 N–H and O–H groups in total. The van der Waals surface area contributed by atoms with E-state index in [2.05, 4.69) is 103 Å². The monoisotopic (exact) mass is 720 g/mol. The minimum absolute atomic E-state index is 0.00880. The van der Waals surface area contributed by atoms with Gasteiger partial charge in [0.15, 0.2) is 5.78 Å². The molecule has 2 aromatic rings. The van der Waals surface area contributed by atoms with Gasteiger partial charge >= 0.3 is 0 Å². The molecule has 2 aliphatic heterocycles. The summed E-state index contributed by atoms with van der Waals surface area (Å²) >= 11 is 0. The molecule has 1 saturated heterocycles. The van der Waals surface area contributed by atoms with E-state index in [-0.39, 0.29) is 30.3 Å². The molecule has 0 saturated carbocycles. The van der Waals surface area contributed by atoms with Crippen molar-refractivity contribution in [3.8, 4) is 11.1 Å². The lowest BCUT2D eigenvalue weighted by Gasteiger charge is -2.28. The van der Waals surface area contributed by atoms with E-state index in [4.69, 9.17) is 10.8 Å². The van der Waals surface area contributed by atoms with Crippen LogP contribution >= 0.6 is 8.58 Å². The van der Waals surface area contributed by atoms with Crippen LogP contribution in [0, 0.1) is 29.6 Å². The standard InChI is InChI=1S/C28H35N2OP.C7H15N.C7H14O.C2H6O/c1-7-30-25(18(4)5)15-26-27-22(12-9-13-23(27)24(29)16-32-26)20-10-8-11-21(14-20)28(31)19(6)17(2)3;1-7-3-5-8(2)6-4-7;1-4-6(2)7(3)5-8;1-2-3/h7-15,17,19,24,30,32H,1,16,29H2,2-6H3;7H,3-6H2,1-2H3;5-7H,4H2,1-3H3;3H,2H2,1H3/b26-15-;;;. The molecule has 6 nitrogen and oxygen atoms in total. The van der Waals surface area contributed by atoms with E-state index in [9.17, 15) is 9.59 Å². The Morgan fingerprint density at radius 3 is 2.18 bits per heavy atom. The van der Waals surface area contributed by atoms with Crippen molar-refractivity contribution in [1.82, 2.24) is 10.2 Å². The number of nitrogens with two attached hydrogens (primary N) is 1. The Hall–Kier alpha value is -2.89. The number of hydrogen-bond acceptors (Lipinski definition) is 6. The van der Waals surface area contributed by atoms with Crippen LogP contribution in [0.1, 0.15) is 116 Å². The summed E-state index contributed by atoms with van der Waals surface area (Å²) in [6, 6.07) is 14.4. The van der Waals surface area contributed by atoms with Crippen LogP contribution in [0.25, 0.3) is 16.4 Å². The van der Waals surface area contributed by atoms with Crippen LogP contribution < -0.4 is 11.1 Å². The number of nitrogens with one attached hydrogen (secondary N) is 1. The maximum Gasteiger partial charge on any atom is 0.165 e. The number of aldehydes is 1. The van der Waals surface area contributed by atoms with E-state index >= 15 is 0 Å². The van der Waals surface area contributed by atoms with Crippen LogP contribution in [0.15, 0.2) is 72.6 Å². The molecule has 7 heteroatoms. The summed E-state index contributed by atoms with van der Waals surface area (Å²) in [5, 5.41) is 12.1. The minimum atomic E-state index is -0.00880. The highest BCUT2D eigenvalue weighted by atomic mass is 31.1. The molecule has 2 aliphatic rings. The third kappa shape index (κ3) is 15.3. The highest BCUT2D eigenvalue weighted by molar-refractivity contribution is 7.50. The Labute approximate surface area is 313 Å². The second kappa shape index (κ2) is 24.4. The van der Waals surface area contributed by atoms with E-state index < -0.39 is 0 Å². The third-order valence-corrected chi connectivity index (χ3v) is 11.4. The first-order valence-corrected chi connectivity index (χ1v) is 20.2. The van der Waals surface area contributed by atoms with Crippen LogP contribution in [-0.4, -0.2) is 55.0 Å². The number of aliphatic hydroxyl groups excluding tert-OH is 1. The predicted molar refractivity (Wildman–Crippen MR) is 223 cm³/mol. The third-order valence-electron chi connectivity index (χ3n) is 10.00. The van der Waals surface area contributed by atoms with E-state index in [0.29, 0.717) is 20.4 Å². The van der Waals surface area contributed by atoms with E-state index in [1.807, 2.05) is 32.0 Å².